The van der Waals surface area contributed by atoms with E-state index in [4.69, 9.17) is 5.11 Å². The third-order valence-electron chi connectivity index (χ3n) is 3.12. The number of halogens is 2. The average Bonchev–Trinajstić information content (AvgIpc) is 2.43. The Morgan fingerprint density at radius 2 is 1.81 bits per heavy atom. The molecule has 0 aliphatic carbocycles. The molecule has 0 spiro atoms. The highest BCUT2D eigenvalue weighted by Gasteiger charge is 2.15. The summed E-state index contributed by atoms with van der Waals surface area (Å²) in [5.74, 6) is -2.92. The Balaban J connectivity index is 2.30. The fourth-order valence-corrected chi connectivity index (χ4v) is 2.03. The second-order valence-corrected chi connectivity index (χ2v) is 4.80. The van der Waals surface area contributed by atoms with Crippen molar-refractivity contribution >= 4 is 11.7 Å². The van der Waals surface area contributed by atoms with Gasteiger partial charge in [-0.15, -0.1) is 0 Å². The number of benzene rings is 2. The maximum Gasteiger partial charge on any atom is 0.323 e. The van der Waals surface area contributed by atoms with Crippen molar-refractivity contribution in [3.63, 3.8) is 0 Å². The van der Waals surface area contributed by atoms with Gasteiger partial charge in [0.1, 0.15) is 6.54 Å². The van der Waals surface area contributed by atoms with Gasteiger partial charge in [0, 0.05) is 17.8 Å². The van der Waals surface area contributed by atoms with Gasteiger partial charge in [0.15, 0.2) is 11.6 Å². The summed E-state index contributed by atoms with van der Waals surface area (Å²) in [4.78, 5) is 12.5. The van der Waals surface area contributed by atoms with Crippen LogP contribution in [0.3, 0.4) is 0 Å². The molecule has 0 atom stereocenters. The van der Waals surface area contributed by atoms with Crippen molar-refractivity contribution in [2.45, 2.75) is 13.5 Å². The van der Waals surface area contributed by atoms with E-state index in [0.29, 0.717) is 5.69 Å². The zero-order valence-electron chi connectivity index (χ0n) is 11.5. The van der Waals surface area contributed by atoms with E-state index < -0.39 is 17.6 Å². The number of aryl methyl sites for hydroxylation is 1. The van der Waals surface area contributed by atoms with Crippen LogP contribution < -0.4 is 4.90 Å². The molecule has 0 heterocycles. The van der Waals surface area contributed by atoms with Gasteiger partial charge in [-0.25, -0.2) is 8.78 Å². The van der Waals surface area contributed by atoms with Crippen LogP contribution in [0.15, 0.2) is 42.5 Å². The molecule has 0 saturated carbocycles. The maximum absolute atomic E-state index is 13.7. The molecular formula is C16H15F2NO2. The highest BCUT2D eigenvalue weighted by atomic mass is 19.2. The molecule has 0 aliphatic heterocycles. The third-order valence-corrected chi connectivity index (χ3v) is 3.12. The molecule has 0 radical (unpaired) electrons. The molecule has 0 saturated heterocycles. The average molecular weight is 291 g/mol. The molecule has 2 rings (SSSR count). The number of hydrogen-bond donors (Lipinski definition) is 1. The second-order valence-electron chi connectivity index (χ2n) is 4.80. The largest absolute Gasteiger partial charge is 0.480 e. The van der Waals surface area contributed by atoms with Crippen molar-refractivity contribution in [3.8, 4) is 0 Å². The first-order valence-corrected chi connectivity index (χ1v) is 6.43. The van der Waals surface area contributed by atoms with E-state index in [0.717, 1.165) is 11.6 Å². The maximum atomic E-state index is 13.7. The van der Waals surface area contributed by atoms with E-state index in [9.17, 15) is 13.6 Å². The van der Waals surface area contributed by atoms with E-state index in [-0.39, 0.29) is 18.7 Å². The van der Waals surface area contributed by atoms with Crippen molar-refractivity contribution in [1.82, 2.24) is 0 Å². The Labute approximate surface area is 121 Å². The van der Waals surface area contributed by atoms with Crippen LogP contribution in [-0.4, -0.2) is 17.6 Å². The molecule has 0 aromatic heterocycles. The third kappa shape index (κ3) is 3.78. The Bertz CT molecular complexity index is 641. The van der Waals surface area contributed by atoms with E-state index in [1.165, 1.54) is 17.0 Å². The summed E-state index contributed by atoms with van der Waals surface area (Å²) in [5, 5.41) is 8.99. The number of nitrogens with zero attached hydrogens (tertiary/aromatic N) is 1. The molecule has 0 aliphatic rings. The minimum atomic E-state index is -1.03. The fraction of sp³-hybridized carbons (Fsp3) is 0.188. The van der Waals surface area contributed by atoms with Crippen molar-refractivity contribution < 1.29 is 18.7 Å². The first-order valence-electron chi connectivity index (χ1n) is 6.43. The Hall–Kier alpha value is -2.43. The van der Waals surface area contributed by atoms with E-state index >= 15 is 0 Å². The molecule has 0 bridgehead atoms. The lowest BCUT2D eigenvalue weighted by Crippen LogP contribution is -2.29. The fourth-order valence-electron chi connectivity index (χ4n) is 2.03. The summed E-state index contributed by atoms with van der Waals surface area (Å²) in [6.07, 6.45) is 0. The molecule has 2 aromatic carbocycles. The Kier molecular flexibility index (Phi) is 4.52. The van der Waals surface area contributed by atoms with Gasteiger partial charge in [0.2, 0.25) is 0 Å². The van der Waals surface area contributed by atoms with Crippen molar-refractivity contribution in [3.05, 3.63) is 65.2 Å². The molecule has 1 N–H and O–H groups in total. The lowest BCUT2D eigenvalue weighted by molar-refractivity contribution is -0.135. The summed E-state index contributed by atoms with van der Waals surface area (Å²) < 4.78 is 27.0. The highest BCUT2D eigenvalue weighted by Crippen LogP contribution is 2.20. The number of carbonyl (C=O) groups is 1. The van der Waals surface area contributed by atoms with Crippen LogP contribution in [0.25, 0.3) is 0 Å². The predicted octanol–water partition coefficient (Wildman–Crippen LogP) is 3.36. The van der Waals surface area contributed by atoms with E-state index in [1.54, 1.807) is 12.1 Å². The normalized spacial score (nSPS) is 10.4. The summed E-state index contributed by atoms with van der Waals surface area (Å²) >= 11 is 0. The van der Waals surface area contributed by atoms with Gasteiger partial charge in [0.05, 0.1) is 0 Å². The minimum Gasteiger partial charge on any atom is -0.480 e. The van der Waals surface area contributed by atoms with Crippen LogP contribution in [0.5, 0.6) is 0 Å². The summed E-state index contributed by atoms with van der Waals surface area (Å²) in [6.45, 7) is 1.61. The van der Waals surface area contributed by atoms with E-state index in [2.05, 4.69) is 0 Å². The number of aliphatic carboxylic acids is 1. The first kappa shape index (κ1) is 15.0. The smallest absolute Gasteiger partial charge is 0.323 e. The first-order chi connectivity index (χ1) is 9.97. The summed E-state index contributed by atoms with van der Waals surface area (Å²) in [7, 11) is 0. The SMILES string of the molecule is Cc1ccc(N(CC(=O)O)Cc2cccc(F)c2F)cc1. The second kappa shape index (κ2) is 6.35. The van der Waals surface area contributed by atoms with Crippen LogP contribution in [-0.2, 0) is 11.3 Å². The van der Waals surface area contributed by atoms with Crippen LogP contribution >= 0.6 is 0 Å². The molecule has 0 unspecified atom stereocenters. The Morgan fingerprint density at radius 3 is 2.43 bits per heavy atom. The number of rotatable bonds is 5. The molecule has 5 heteroatoms. The molecule has 3 nitrogen and oxygen atoms in total. The quantitative estimate of drug-likeness (QED) is 0.918. The molecule has 21 heavy (non-hydrogen) atoms. The van der Waals surface area contributed by atoms with Gasteiger partial charge in [-0.2, -0.15) is 0 Å². The Morgan fingerprint density at radius 1 is 1.14 bits per heavy atom. The van der Waals surface area contributed by atoms with Gasteiger partial charge >= 0.3 is 5.97 Å². The zero-order valence-corrected chi connectivity index (χ0v) is 11.5. The zero-order chi connectivity index (χ0) is 15.4. The van der Waals surface area contributed by atoms with Crippen molar-refractivity contribution in [2.24, 2.45) is 0 Å². The molecule has 110 valence electrons. The van der Waals surface area contributed by atoms with Gasteiger partial charge in [0.25, 0.3) is 0 Å². The van der Waals surface area contributed by atoms with E-state index in [1.807, 2.05) is 19.1 Å². The highest BCUT2D eigenvalue weighted by molar-refractivity contribution is 5.73. The van der Waals surface area contributed by atoms with Crippen molar-refractivity contribution in [1.29, 1.82) is 0 Å². The van der Waals surface area contributed by atoms with Crippen LogP contribution in [0.2, 0.25) is 0 Å². The lowest BCUT2D eigenvalue weighted by Gasteiger charge is -2.23. The van der Waals surface area contributed by atoms with Gasteiger partial charge in [-0.05, 0) is 25.1 Å². The van der Waals surface area contributed by atoms with Crippen LogP contribution in [0.4, 0.5) is 14.5 Å². The topological polar surface area (TPSA) is 40.5 Å². The minimum absolute atomic E-state index is 0.0149. The molecular weight excluding hydrogens is 276 g/mol. The molecule has 0 amide bonds. The number of anilines is 1. The van der Waals surface area contributed by atoms with Crippen molar-refractivity contribution in [2.75, 3.05) is 11.4 Å². The number of carboxylic acids is 1. The van der Waals surface area contributed by atoms with Crippen LogP contribution in [0, 0.1) is 18.6 Å². The summed E-state index contributed by atoms with van der Waals surface area (Å²) in [5.41, 5.74) is 1.80. The van der Waals surface area contributed by atoms with Gasteiger partial charge in [-0.1, -0.05) is 29.8 Å². The monoisotopic (exact) mass is 291 g/mol. The standard InChI is InChI=1S/C16H15F2NO2/c1-11-5-7-13(8-6-11)19(10-15(20)21)9-12-3-2-4-14(17)16(12)18/h2-8H,9-10H2,1H3,(H,20,21). The number of carboxylic acid groups (broad SMARTS) is 1. The molecule has 0 fully saturated rings. The van der Waals surface area contributed by atoms with Gasteiger partial charge in [-0.3, -0.25) is 4.79 Å². The number of hydrogen-bond acceptors (Lipinski definition) is 2. The predicted molar refractivity (Wildman–Crippen MR) is 76.2 cm³/mol. The van der Waals surface area contributed by atoms with Gasteiger partial charge < -0.3 is 10.0 Å². The lowest BCUT2D eigenvalue weighted by atomic mass is 10.1. The molecule has 2 aromatic rings. The van der Waals surface area contributed by atoms with Crippen LogP contribution in [0.1, 0.15) is 11.1 Å². The summed E-state index contributed by atoms with van der Waals surface area (Å²) in [6, 6.07) is 11.1.